The van der Waals surface area contributed by atoms with Crippen molar-refractivity contribution >= 4 is 45.9 Å². The number of nitrogens with zero attached hydrogens (tertiary/aromatic N) is 1. The number of hydrogen-bond donors (Lipinski definition) is 3. The molecule has 2 saturated heterocycles. The highest BCUT2D eigenvalue weighted by Gasteiger charge is 2.71. The van der Waals surface area contributed by atoms with Crippen molar-refractivity contribution in [3.63, 3.8) is 0 Å². The average molecular weight is 477 g/mol. The number of hydrogen-bond acceptors (Lipinski definition) is 4. The number of benzene rings is 2. The Balaban J connectivity index is 1.51. The molecule has 3 aliphatic rings. The van der Waals surface area contributed by atoms with Crippen LogP contribution >= 0.6 is 11.6 Å². The summed E-state index contributed by atoms with van der Waals surface area (Å²) in [6, 6.07) is 12.7. The molecule has 1 aromatic heterocycles. The molecule has 0 aliphatic carbocycles. The van der Waals surface area contributed by atoms with E-state index in [0.717, 1.165) is 16.5 Å². The van der Waals surface area contributed by atoms with E-state index in [9.17, 15) is 14.4 Å². The lowest BCUT2D eigenvalue weighted by molar-refractivity contribution is -0.147. The summed E-state index contributed by atoms with van der Waals surface area (Å²) < 4.78 is 0. The maximum Gasteiger partial charge on any atom is 0.250 e. The number of carbonyl (C=O) groups is 3. The van der Waals surface area contributed by atoms with Crippen molar-refractivity contribution in [3.05, 3.63) is 64.8 Å². The van der Waals surface area contributed by atoms with E-state index in [4.69, 9.17) is 11.6 Å². The van der Waals surface area contributed by atoms with Gasteiger partial charge in [0, 0.05) is 45.0 Å². The predicted molar refractivity (Wildman–Crippen MR) is 129 cm³/mol. The van der Waals surface area contributed by atoms with Crippen molar-refractivity contribution in [3.8, 4) is 0 Å². The second kappa shape index (κ2) is 6.93. The summed E-state index contributed by atoms with van der Waals surface area (Å²) in [6.45, 7) is 5.54. The summed E-state index contributed by atoms with van der Waals surface area (Å²) >= 11 is 6.33. The van der Waals surface area contributed by atoms with E-state index in [1.807, 2.05) is 51.2 Å². The summed E-state index contributed by atoms with van der Waals surface area (Å²) in [5.74, 6) is -2.40. The van der Waals surface area contributed by atoms with Crippen molar-refractivity contribution in [2.24, 2.45) is 11.8 Å². The molecule has 174 valence electrons. The molecule has 3 aliphatic heterocycles. The molecule has 0 unspecified atom stereocenters. The summed E-state index contributed by atoms with van der Waals surface area (Å²) in [7, 11) is 0. The van der Waals surface area contributed by atoms with Gasteiger partial charge in [0.1, 0.15) is 5.54 Å². The van der Waals surface area contributed by atoms with Crippen molar-refractivity contribution < 1.29 is 14.4 Å². The number of fused-ring (bicyclic) bond motifs is 5. The quantitative estimate of drug-likeness (QED) is 0.493. The Hall–Kier alpha value is -3.16. The summed E-state index contributed by atoms with van der Waals surface area (Å²) in [6.07, 6.45) is 2.43. The van der Waals surface area contributed by atoms with Gasteiger partial charge >= 0.3 is 0 Å². The van der Waals surface area contributed by atoms with E-state index in [1.54, 1.807) is 18.2 Å². The SMILES string of the molecule is CC(C)(C)N1C(=O)[C@@H]2[C@H](Cc3c[nH]c4ccccc34)N[C@@]3(C(=O)Nc4ccc(Cl)cc43)[C@@H]2C1=O. The molecule has 0 saturated carbocycles. The number of likely N-dealkylation sites (tertiary alicyclic amines) is 1. The predicted octanol–water partition coefficient (Wildman–Crippen LogP) is 3.58. The first-order valence-electron chi connectivity index (χ1n) is 11.4. The molecule has 2 aromatic carbocycles. The largest absolute Gasteiger partial charge is 0.361 e. The van der Waals surface area contributed by atoms with Gasteiger partial charge in [0.2, 0.25) is 17.7 Å². The van der Waals surface area contributed by atoms with E-state index >= 15 is 0 Å². The lowest BCUT2D eigenvalue weighted by atomic mass is 9.76. The Bertz CT molecular complexity index is 1390. The highest BCUT2D eigenvalue weighted by molar-refractivity contribution is 6.31. The Morgan fingerprint density at radius 3 is 2.59 bits per heavy atom. The first kappa shape index (κ1) is 21.4. The fraction of sp³-hybridized carbons (Fsp3) is 0.346. The number of carbonyl (C=O) groups excluding carboxylic acids is 3. The highest BCUT2D eigenvalue weighted by atomic mass is 35.5. The van der Waals surface area contributed by atoms with Crippen LogP contribution in [0.15, 0.2) is 48.7 Å². The van der Waals surface area contributed by atoms with Gasteiger partial charge in [-0.05, 0) is 57.0 Å². The minimum Gasteiger partial charge on any atom is -0.361 e. The molecule has 1 spiro atoms. The first-order valence-corrected chi connectivity index (χ1v) is 11.8. The molecule has 34 heavy (non-hydrogen) atoms. The van der Waals surface area contributed by atoms with Crippen LogP contribution in [0.5, 0.6) is 0 Å². The summed E-state index contributed by atoms with van der Waals surface area (Å²) in [5.41, 5.74) is 1.22. The fourth-order valence-corrected chi connectivity index (χ4v) is 6.32. The monoisotopic (exact) mass is 476 g/mol. The third-order valence-electron chi connectivity index (χ3n) is 7.46. The standard InChI is InChI=1S/C26H25ClN4O3/c1-25(2,3)31-22(32)20-19(10-13-12-28-17-7-5-4-6-15(13)17)30-26(21(20)23(31)33)16-11-14(27)8-9-18(16)29-24(26)34/h4-9,11-12,19-21,28,30H,10H2,1-3H3,(H,29,34)/t19-,20+,21-,26+/m0/s1. The molecule has 7 nitrogen and oxygen atoms in total. The van der Waals surface area contributed by atoms with Crippen LogP contribution in [0.3, 0.4) is 0 Å². The maximum atomic E-state index is 13.9. The topological polar surface area (TPSA) is 94.3 Å². The van der Waals surface area contributed by atoms with Gasteiger partial charge in [0.15, 0.2) is 0 Å². The molecule has 3 N–H and O–H groups in total. The summed E-state index contributed by atoms with van der Waals surface area (Å²) in [5, 5.41) is 7.93. The van der Waals surface area contributed by atoms with Crippen molar-refractivity contribution in [1.29, 1.82) is 0 Å². The first-order chi connectivity index (χ1) is 16.1. The number of imide groups is 1. The maximum absolute atomic E-state index is 13.9. The molecular formula is C26H25ClN4O3. The molecular weight excluding hydrogens is 452 g/mol. The molecule has 6 rings (SSSR count). The van der Waals surface area contributed by atoms with Crippen LogP contribution < -0.4 is 10.6 Å². The van der Waals surface area contributed by atoms with E-state index < -0.39 is 29.0 Å². The number of amides is 3. The Labute approximate surface area is 201 Å². The molecule has 4 atom stereocenters. The molecule has 2 fully saturated rings. The number of rotatable bonds is 2. The lowest BCUT2D eigenvalue weighted by Gasteiger charge is -2.34. The zero-order valence-electron chi connectivity index (χ0n) is 19.1. The van der Waals surface area contributed by atoms with Crippen LogP contribution in [-0.4, -0.2) is 39.2 Å². The summed E-state index contributed by atoms with van der Waals surface area (Å²) in [4.78, 5) is 45.8. The van der Waals surface area contributed by atoms with Crippen LogP contribution in [0.1, 0.15) is 31.9 Å². The minimum atomic E-state index is -1.35. The van der Waals surface area contributed by atoms with Gasteiger partial charge in [0.05, 0.1) is 11.8 Å². The number of para-hydroxylation sites is 1. The molecule has 0 bridgehead atoms. The number of anilines is 1. The van der Waals surface area contributed by atoms with Gasteiger partial charge < -0.3 is 10.3 Å². The molecule has 3 amide bonds. The number of aromatic nitrogens is 1. The minimum absolute atomic E-state index is 0.236. The van der Waals surface area contributed by atoms with Gasteiger partial charge in [0.25, 0.3) is 0 Å². The third kappa shape index (κ3) is 2.71. The second-order valence-corrected chi connectivity index (χ2v) is 10.9. The van der Waals surface area contributed by atoms with Gasteiger partial charge in [-0.15, -0.1) is 0 Å². The third-order valence-corrected chi connectivity index (χ3v) is 7.70. The van der Waals surface area contributed by atoms with Crippen molar-refractivity contribution in [2.45, 2.75) is 44.3 Å². The van der Waals surface area contributed by atoms with E-state index in [-0.39, 0.29) is 17.7 Å². The zero-order valence-corrected chi connectivity index (χ0v) is 19.9. The van der Waals surface area contributed by atoms with Crippen LogP contribution in [-0.2, 0) is 26.3 Å². The van der Waals surface area contributed by atoms with Crippen LogP contribution in [0.2, 0.25) is 5.02 Å². The van der Waals surface area contributed by atoms with E-state index in [2.05, 4.69) is 15.6 Å². The Morgan fingerprint density at radius 2 is 1.82 bits per heavy atom. The van der Waals surface area contributed by atoms with Gasteiger partial charge in [-0.1, -0.05) is 29.8 Å². The Kier molecular flexibility index (Phi) is 4.36. The second-order valence-electron chi connectivity index (χ2n) is 10.5. The smallest absolute Gasteiger partial charge is 0.250 e. The van der Waals surface area contributed by atoms with E-state index in [0.29, 0.717) is 22.7 Å². The van der Waals surface area contributed by atoms with Crippen LogP contribution in [0.4, 0.5) is 5.69 Å². The average Bonchev–Trinajstić information content (AvgIpc) is 3.47. The number of aromatic amines is 1. The highest BCUT2D eigenvalue weighted by Crippen LogP contribution is 2.54. The zero-order chi connectivity index (χ0) is 24.0. The van der Waals surface area contributed by atoms with Gasteiger partial charge in [-0.3, -0.25) is 24.6 Å². The van der Waals surface area contributed by atoms with Crippen LogP contribution in [0.25, 0.3) is 10.9 Å². The number of halogens is 1. The van der Waals surface area contributed by atoms with Crippen molar-refractivity contribution in [2.75, 3.05) is 5.32 Å². The molecule has 8 heteroatoms. The van der Waals surface area contributed by atoms with Crippen molar-refractivity contribution in [1.82, 2.24) is 15.2 Å². The molecule has 3 aromatic rings. The van der Waals surface area contributed by atoms with Gasteiger partial charge in [-0.25, -0.2) is 0 Å². The number of nitrogens with one attached hydrogen (secondary N) is 3. The lowest BCUT2D eigenvalue weighted by Crippen LogP contribution is -2.56. The van der Waals surface area contributed by atoms with Gasteiger partial charge in [-0.2, -0.15) is 0 Å². The normalized spacial score (nSPS) is 28.2. The fourth-order valence-electron chi connectivity index (χ4n) is 6.15. The molecule has 4 heterocycles. The molecule has 0 radical (unpaired) electrons. The number of H-pyrrole nitrogens is 1. The Morgan fingerprint density at radius 1 is 1.06 bits per heavy atom. The van der Waals surface area contributed by atoms with E-state index in [1.165, 1.54) is 4.90 Å². The van der Waals surface area contributed by atoms with Crippen LogP contribution in [0, 0.1) is 11.8 Å².